The highest BCUT2D eigenvalue weighted by Gasteiger charge is 2.23. The van der Waals surface area contributed by atoms with E-state index in [9.17, 15) is 14.4 Å². The molecule has 29 heavy (non-hydrogen) atoms. The molecule has 9 nitrogen and oxygen atoms in total. The summed E-state index contributed by atoms with van der Waals surface area (Å²) >= 11 is 0. The first-order valence-corrected chi connectivity index (χ1v) is 8.81. The van der Waals surface area contributed by atoms with Crippen molar-refractivity contribution in [3.05, 3.63) is 58.5 Å². The summed E-state index contributed by atoms with van der Waals surface area (Å²) in [5, 5.41) is 7.37. The van der Waals surface area contributed by atoms with Gasteiger partial charge in [-0.05, 0) is 25.1 Å². The quantitative estimate of drug-likeness (QED) is 0.672. The van der Waals surface area contributed by atoms with Crippen LogP contribution in [0.3, 0.4) is 0 Å². The molecule has 2 heterocycles. The van der Waals surface area contributed by atoms with Gasteiger partial charge >= 0.3 is 5.97 Å². The van der Waals surface area contributed by atoms with Gasteiger partial charge in [0.15, 0.2) is 23.3 Å². The lowest BCUT2D eigenvalue weighted by Crippen LogP contribution is -2.31. The Kier molecular flexibility index (Phi) is 4.63. The second-order valence-electron chi connectivity index (χ2n) is 6.43. The minimum absolute atomic E-state index is 0.0366. The fourth-order valence-corrected chi connectivity index (χ4v) is 2.94. The summed E-state index contributed by atoms with van der Waals surface area (Å²) < 4.78 is 16.8. The number of nitrogens with zero attached hydrogens (tertiary/aromatic N) is 2. The maximum atomic E-state index is 12.6. The number of carbonyl (C=O) groups excluding carboxylic acids is 2. The van der Waals surface area contributed by atoms with Gasteiger partial charge in [0.05, 0.1) is 5.39 Å². The number of hydrogen-bond donors (Lipinski definition) is 1. The molecule has 1 amide bonds. The molecule has 4 rings (SSSR count). The largest absolute Gasteiger partial charge is 0.454 e. The number of ether oxygens (including phenoxy) is 3. The molecule has 148 valence electrons. The molecule has 0 saturated carbocycles. The SMILES string of the molecule is C[C@@H](OC(=O)c1nn(C)c(=O)c2ccccc12)C(=O)Nc1ccc2c(c1)OCO2. The van der Waals surface area contributed by atoms with E-state index in [1.165, 1.54) is 14.0 Å². The van der Waals surface area contributed by atoms with E-state index in [0.717, 1.165) is 4.68 Å². The molecule has 2 aromatic carbocycles. The van der Waals surface area contributed by atoms with Gasteiger partial charge in [0, 0.05) is 24.2 Å². The van der Waals surface area contributed by atoms with Crippen LogP contribution in [0.2, 0.25) is 0 Å². The Hall–Kier alpha value is -3.88. The lowest BCUT2D eigenvalue weighted by molar-refractivity contribution is -0.123. The third kappa shape index (κ3) is 3.49. The Morgan fingerprint density at radius 2 is 1.86 bits per heavy atom. The van der Waals surface area contributed by atoms with Crippen molar-refractivity contribution in [2.24, 2.45) is 7.05 Å². The van der Waals surface area contributed by atoms with E-state index in [0.29, 0.717) is 28.0 Å². The molecule has 9 heteroatoms. The Labute approximate surface area is 164 Å². The molecule has 1 N–H and O–H groups in total. The molecule has 0 radical (unpaired) electrons. The third-order valence-corrected chi connectivity index (χ3v) is 4.44. The number of amides is 1. The number of hydrogen-bond acceptors (Lipinski definition) is 7. The molecule has 0 bridgehead atoms. The van der Waals surface area contributed by atoms with Crippen molar-refractivity contribution in [3.8, 4) is 11.5 Å². The normalized spacial score (nSPS) is 13.2. The Morgan fingerprint density at radius 3 is 2.66 bits per heavy atom. The van der Waals surface area contributed by atoms with Gasteiger partial charge in [0.2, 0.25) is 6.79 Å². The van der Waals surface area contributed by atoms with Crippen LogP contribution in [0.1, 0.15) is 17.4 Å². The van der Waals surface area contributed by atoms with Gasteiger partial charge in [-0.2, -0.15) is 5.10 Å². The van der Waals surface area contributed by atoms with Crippen LogP contribution in [0.5, 0.6) is 11.5 Å². The smallest absolute Gasteiger partial charge is 0.360 e. The number of aryl methyl sites for hydroxylation is 1. The van der Waals surface area contributed by atoms with E-state index in [4.69, 9.17) is 14.2 Å². The van der Waals surface area contributed by atoms with Crippen LogP contribution in [0.4, 0.5) is 5.69 Å². The van der Waals surface area contributed by atoms with Gasteiger partial charge in [-0.3, -0.25) is 9.59 Å². The molecule has 0 unspecified atom stereocenters. The summed E-state index contributed by atoms with van der Waals surface area (Å²) in [7, 11) is 1.45. The topological polar surface area (TPSA) is 109 Å². The van der Waals surface area contributed by atoms with Crippen LogP contribution in [0.15, 0.2) is 47.3 Å². The van der Waals surface area contributed by atoms with Crippen molar-refractivity contribution in [2.75, 3.05) is 12.1 Å². The molecule has 3 aromatic rings. The zero-order valence-corrected chi connectivity index (χ0v) is 15.7. The van der Waals surface area contributed by atoms with Crippen molar-refractivity contribution in [2.45, 2.75) is 13.0 Å². The highest BCUT2D eigenvalue weighted by atomic mass is 16.7. The number of carbonyl (C=O) groups is 2. The van der Waals surface area contributed by atoms with Crippen molar-refractivity contribution >= 4 is 28.3 Å². The summed E-state index contributed by atoms with van der Waals surface area (Å²) in [5.41, 5.74) is 0.115. The number of esters is 1. The second kappa shape index (κ2) is 7.27. The summed E-state index contributed by atoms with van der Waals surface area (Å²) in [6.45, 7) is 1.58. The minimum atomic E-state index is -1.09. The van der Waals surface area contributed by atoms with Crippen LogP contribution in [-0.2, 0) is 16.6 Å². The molecular formula is C20H17N3O6. The van der Waals surface area contributed by atoms with Crippen LogP contribution in [0.25, 0.3) is 10.8 Å². The molecule has 1 aliphatic rings. The van der Waals surface area contributed by atoms with Crippen LogP contribution in [-0.4, -0.2) is 34.6 Å². The maximum Gasteiger partial charge on any atom is 0.360 e. The minimum Gasteiger partial charge on any atom is -0.454 e. The monoisotopic (exact) mass is 395 g/mol. The Morgan fingerprint density at radius 1 is 1.14 bits per heavy atom. The zero-order chi connectivity index (χ0) is 20.5. The molecule has 1 atom stereocenters. The van der Waals surface area contributed by atoms with E-state index < -0.39 is 18.0 Å². The molecule has 1 aliphatic heterocycles. The summed E-state index contributed by atoms with van der Waals surface area (Å²) in [5.74, 6) is -0.208. The maximum absolute atomic E-state index is 12.6. The van der Waals surface area contributed by atoms with Gasteiger partial charge in [-0.15, -0.1) is 0 Å². The van der Waals surface area contributed by atoms with Crippen molar-refractivity contribution < 1.29 is 23.8 Å². The Balaban J connectivity index is 1.51. The molecule has 0 fully saturated rings. The van der Waals surface area contributed by atoms with E-state index in [1.807, 2.05) is 0 Å². The molecule has 1 aromatic heterocycles. The van der Waals surface area contributed by atoms with Crippen molar-refractivity contribution in [1.29, 1.82) is 0 Å². The lowest BCUT2D eigenvalue weighted by atomic mass is 10.1. The van der Waals surface area contributed by atoms with E-state index in [1.54, 1.807) is 42.5 Å². The first kappa shape index (κ1) is 18.5. The number of rotatable bonds is 4. The molecule has 0 aliphatic carbocycles. The standard InChI is InChI=1S/C20H17N3O6/c1-11(18(24)21-12-7-8-15-16(9-12)28-10-27-15)29-20(26)17-13-5-3-4-6-14(13)19(25)23(2)22-17/h3-9,11H,10H2,1-2H3,(H,21,24)/t11-/m1/s1. The van der Waals surface area contributed by atoms with Crippen LogP contribution >= 0.6 is 0 Å². The average molecular weight is 395 g/mol. The van der Waals surface area contributed by atoms with Gasteiger partial charge in [-0.25, -0.2) is 9.48 Å². The van der Waals surface area contributed by atoms with Crippen molar-refractivity contribution in [1.82, 2.24) is 9.78 Å². The van der Waals surface area contributed by atoms with E-state index in [2.05, 4.69) is 10.4 Å². The summed E-state index contributed by atoms with van der Waals surface area (Å²) in [6, 6.07) is 11.5. The summed E-state index contributed by atoms with van der Waals surface area (Å²) in [6.07, 6.45) is -1.09. The van der Waals surface area contributed by atoms with Crippen molar-refractivity contribution in [3.63, 3.8) is 0 Å². The highest BCUT2D eigenvalue weighted by Crippen LogP contribution is 2.34. The fraction of sp³-hybridized carbons (Fsp3) is 0.200. The molecular weight excluding hydrogens is 378 g/mol. The van der Waals surface area contributed by atoms with Gasteiger partial charge < -0.3 is 19.5 Å². The predicted octanol–water partition coefficient (Wildman–Crippen LogP) is 1.85. The van der Waals surface area contributed by atoms with Crippen LogP contribution < -0.4 is 20.3 Å². The first-order chi connectivity index (χ1) is 13.9. The molecule has 0 spiro atoms. The fourth-order valence-electron chi connectivity index (χ4n) is 2.94. The van der Waals surface area contributed by atoms with Crippen LogP contribution in [0, 0.1) is 0 Å². The van der Waals surface area contributed by atoms with E-state index in [-0.39, 0.29) is 18.0 Å². The first-order valence-electron chi connectivity index (χ1n) is 8.81. The molecule has 0 saturated heterocycles. The van der Waals surface area contributed by atoms with Gasteiger partial charge in [0.1, 0.15) is 0 Å². The summed E-state index contributed by atoms with van der Waals surface area (Å²) in [4.78, 5) is 37.2. The van der Waals surface area contributed by atoms with Gasteiger partial charge in [0.25, 0.3) is 11.5 Å². The predicted molar refractivity (Wildman–Crippen MR) is 103 cm³/mol. The highest BCUT2D eigenvalue weighted by molar-refractivity contribution is 6.03. The van der Waals surface area contributed by atoms with E-state index >= 15 is 0 Å². The van der Waals surface area contributed by atoms with Gasteiger partial charge in [-0.1, -0.05) is 18.2 Å². The lowest BCUT2D eigenvalue weighted by Gasteiger charge is -2.14. The number of fused-ring (bicyclic) bond motifs is 2. The number of aromatic nitrogens is 2. The zero-order valence-electron chi connectivity index (χ0n) is 15.7. The average Bonchev–Trinajstić information content (AvgIpc) is 3.18. The number of anilines is 1. The number of benzene rings is 2. The number of nitrogens with one attached hydrogen (secondary N) is 1. The Bertz CT molecular complexity index is 1190. The second-order valence-corrected chi connectivity index (χ2v) is 6.43. The third-order valence-electron chi connectivity index (χ3n) is 4.44.